The van der Waals surface area contributed by atoms with Gasteiger partial charge in [0.25, 0.3) is 0 Å². The van der Waals surface area contributed by atoms with Gasteiger partial charge >= 0.3 is 5.97 Å². The van der Waals surface area contributed by atoms with E-state index in [1.54, 1.807) is 29.2 Å². The summed E-state index contributed by atoms with van der Waals surface area (Å²) < 4.78 is 18.2. The van der Waals surface area contributed by atoms with Crippen molar-refractivity contribution in [3.63, 3.8) is 0 Å². The van der Waals surface area contributed by atoms with Crippen molar-refractivity contribution in [2.45, 2.75) is 81.9 Å². The highest BCUT2D eigenvalue weighted by atomic mass is 16.6. The minimum absolute atomic E-state index is 0.0728. The number of nitrogens with zero attached hydrogens (tertiary/aromatic N) is 2. The van der Waals surface area contributed by atoms with Gasteiger partial charge in [0.05, 0.1) is 30.6 Å². The van der Waals surface area contributed by atoms with Gasteiger partial charge in [-0.25, -0.2) is 0 Å². The summed E-state index contributed by atoms with van der Waals surface area (Å²) in [6.07, 6.45) is 3.70. The maximum absolute atomic E-state index is 14.2. The molecule has 0 unspecified atom stereocenters. The average Bonchev–Trinajstić information content (AvgIpc) is 3.67. The second-order valence-electron chi connectivity index (χ2n) is 12.3. The van der Waals surface area contributed by atoms with Crippen LogP contribution in [0.15, 0.2) is 55.6 Å². The van der Waals surface area contributed by atoms with Crippen LogP contribution in [0.5, 0.6) is 0 Å². The molecule has 2 bridgehead atoms. The third-order valence-corrected chi connectivity index (χ3v) is 9.10. The van der Waals surface area contributed by atoms with Crippen molar-refractivity contribution in [1.29, 1.82) is 0 Å². The summed E-state index contributed by atoms with van der Waals surface area (Å²) in [4.78, 5) is 58.5. The average molecular weight is 626 g/mol. The lowest BCUT2D eigenvalue weighted by Crippen LogP contribution is -2.57. The molecule has 3 heterocycles. The van der Waals surface area contributed by atoms with Crippen LogP contribution < -0.4 is 5.32 Å². The first-order valence-electron chi connectivity index (χ1n) is 15.8. The lowest BCUT2D eigenvalue weighted by atomic mass is 9.70. The van der Waals surface area contributed by atoms with Gasteiger partial charge in [0.2, 0.25) is 17.7 Å². The molecule has 11 nitrogen and oxygen atoms in total. The molecule has 45 heavy (non-hydrogen) atoms. The number of amides is 3. The van der Waals surface area contributed by atoms with Crippen LogP contribution in [0.1, 0.15) is 57.6 Å². The van der Waals surface area contributed by atoms with Crippen LogP contribution in [-0.4, -0.2) is 102 Å². The molecule has 0 saturated carbocycles. The Labute approximate surface area is 265 Å². The van der Waals surface area contributed by atoms with Crippen molar-refractivity contribution in [3.8, 4) is 0 Å². The largest absolute Gasteiger partial charge is 0.455 e. The number of nitrogens with one attached hydrogen (secondary N) is 1. The number of hydrogen-bond acceptors (Lipinski definition) is 8. The van der Waals surface area contributed by atoms with Crippen LogP contribution in [0.3, 0.4) is 0 Å². The van der Waals surface area contributed by atoms with Crippen LogP contribution in [-0.2, 0) is 33.4 Å². The maximum atomic E-state index is 14.2. The number of benzene rings is 1. The molecule has 4 rings (SSSR count). The van der Waals surface area contributed by atoms with Gasteiger partial charge in [-0.1, -0.05) is 42.5 Å². The second-order valence-corrected chi connectivity index (χ2v) is 12.3. The smallest absolute Gasteiger partial charge is 0.313 e. The third kappa shape index (κ3) is 6.85. The summed E-state index contributed by atoms with van der Waals surface area (Å²) >= 11 is 0. The van der Waals surface area contributed by atoms with Gasteiger partial charge < -0.3 is 34.4 Å². The second kappa shape index (κ2) is 15.2. The van der Waals surface area contributed by atoms with E-state index in [2.05, 4.69) is 18.5 Å². The highest BCUT2D eigenvalue weighted by Gasteiger charge is 2.75. The lowest BCUT2D eigenvalue weighted by Gasteiger charge is -2.38. The van der Waals surface area contributed by atoms with Crippen molar-refractivity contribution < 1.29 is 38.5 Å². The fourth-order valence-corrected chi connectivity index (χ4v) is 7.16. The fourth-order valence-electron chi connectivity index (χ4n) is 7.16. The van der Waals surface area contributed by atoms with Crippen molar-refractivity contribution in [2.75, 3.05) is 33.4 Å². The number of rotatable bonds is 17. The van der Waals surface area contributed by atoms with E-state index in [1.165, 1.54) is 12.0 Å². The number of carbonyl (C=O) groups excluding carboxylic acids is 4. The van der Waals surface area contributed by atoms with Gasteiger partial charge in [-0.3, -0.25) is 19.2 Å². The van der Waals surface area contributed by atoms with Gasteiger partial charge in [-0.15, -0.1) is 13.2 Å². The normalized spacial score (nSPS) is 26.3. The Morgan fingerprint density at radius 1 is 1.22 bits per heavy atom. The zero-order chi connectivity index (χ0) is 32.7. The Hall–Kier alpha value is -3.54. The van der Waals surface area contributed by atoms with E-state index in [4.69, 9.17) is 14.2 Å². The van der Waals surface area contributed by atoms with Gasteiger partial charge in [0.15, 0.2) is 0 Å². The maximum Gasteiger partial charge on any atom is 0.313 e. The number of methoxy groups -OCH3 is 1. The van der Waals surface area contributed by atoms with Gasteiger partial charge in [-0.05, 0) is 45.1 Å². The molecule has 1 spiro atoms. The molecule has 3 saturated heterocycles. The topological polar surface area (TPSA) is 135 Å². The van der Waals surface area contributed by atoms with Gasteiger partial charge in [-0.2, -0.15) is 0 Å². The zero-order valence-electron chi connectivity index (χ0n) is 26.6. The Morgan fingerprint density at radius 3 is 2.58 bits per heavy atom. The van der Waals surface area contributed by atoms with Gasteiger partial charge in [0, 0.05) is 39.3 Å². The molecule has 3 aliphatic rings. The summed E-state index contributed by atoms with van der Waals surface area (Å²) in [7, 11) is 1.50. The molecule has 3 fully saturated rings. The van der Waals surface area contributed by atoms with Crippen molar-refractivity contribution >= 4 is 23.7 Å². The van der Waals surface area contributed by atoms with E-state index >= 15 is 0 Å². The zero-order valence-corrected chi connectivity index (χ0v) is 26.6. The van der Waals surface area contributed by atoms with E-state index in [-0.39, 0.29) is 56.4 Å². The van der Waals surface area contributed by atoms with Gasteiger partial charge in [0.1, 0.15) is 17.7 Å². The summed E-state index contributed by atoms with van der Waals surface area (Å²) in [6.45, 7) is 11.6. The van der Waals surface area contributed by atoms with E-state index in [9.17, 15) is 24.3 Å². The first-order valence-corrected chi connectivity index (χ1v) is 15.8. The van der Waals surface area contributed by atoms with E-state index < -0.39 is 47.7 Å². The lowest BCUT2D eigenvalue weighted by molar-refractivity contribution is -0.163. The predicted molar refractivity (Wildman–Crippen MR) is 167 cm³/mol. The monoisotopic (exact) mass is 625 g/mol. The van der Waals surface area contributed by atoms with Crippen molar-refractivity contribution in [2.24, 2.45) is 11.8 Å². The third-order valence-electron chi connectivity index (χ3n) is 9.10. The Bertz CT molecular complexity index is 1240. The molecule has 3 amide bonds. The summed E-state index contributed by atoms with van der Waals surface area (Å²) in [5.41, 5.74) is -0.539. The quantitative estimate of drug-likeness (QED) is 0.199. The number of aliphatic hydroxyl groups excluding tert-OH is 1. The molecule has 246 valence electrons. The molecule has 3 aliphatic heterocycles. The Balaban J connectivity index is 1.68. The molecule has 2 N–H and O–H groups in total. The molecule has 11 heteroatoms. The Morgan fingerprint density at radius 2 is 1.96 bits per heavy atom. The number of hydrogen-bond donors (Lipinski definition) is 2. The molecular weight excluding hydrogens is 578 g/mol. The van der Waals surface area contributed by atoms with Crippen molar-refractivity contribution in [3.05, 3.63) is 61.2 Å². The number of ether oxygens (including phenoxy) is 3. The fraction of sp³-hybridized carbons (Fsp3) is 0.588. The highest BCUT2D eigenvalue weighted by molar-refractivity contribution is 5.98. The van der Waals surface area contributed by atoms with Crippen molar-refractivity contribution in [1.82, 2.24) is 15.1 Å². The number of esters is 1. The first-order chi connectivity index (χ1) is 21.6. The van der Waals surface area contributed by atoms with Crippen LogP contribution in [0.4, 0.5) is 0 Å². The van der Waals surface area contributed by atoms with E-state index in [0.717, 1.165) is 0 Å². The molecule has 7 atom stereocenters. The number of carbonyl (C=O) groups is 4. The summed E-state index contributed by atoms with van der Waals surface area (Å²) in [5.74, 6) is -3.35. The minimum atomic E-state index is -1.20. The first kappa shape index (κ1) is 34.3. The van der Waals surface area contributed by atoms with E-state index in [0.29, 0.717) is 31.4 Å². The molecule has 0 aliphatic carbocycles. The molecule has 1 aromatic carbocycles. The molecule has 1 aromatic rings. The van der Waals surface area contributed by atoms with Crippen LogP contribution in [0.2, 0.25) is 0 Å². The number of aliphatic hydroxyl groups is 1. The molecule has 0 aromatic heterocycles. The number of allylic oxidation sites excluding steroid dienone is 1. The molecule has 0 radical (unpaired) electrons. The number of fused-ring (bicyclic) bond motifs is 1. The SMILES string of the molecule is C=CCCC(=O)N[C@H](COC)[C@H](OC(=O)[C@@H]1[C@@H]2CC[C@]3(O2)[C@H](C(=O)N(CC=C)C(C)C)N(CCCO)C(=O)[C@@H]13)c1ccccc1. The highest BCUT2D eigenvalue weighted by Crippen LogP contribution is 2.59. The standard InChI is InChI=1S/C34H47N3O8/c1-6-8-15-26(39)35-24(21-43-5)29(23-13-10-9-11-14-23)44-33(42)27-25-16-17-34(45-25)28(27)31(40)37(19-12-20-38)30(34)32(41)36(18-7-2)22(3)4/h6-7,9-11,13-14,22,24-25,27-30,38H,1-2,8,12,15-21H2,3-5H3,(H,35,39)/t24-,25+,27-,28-,29-,30+,34-/m1/s1. The molecular formula is C34H47N3O8. The predicted octanol–water partition coefficient (Wildman–Crippen LogP) is 2.55. The van der Waals surface area contributed by atoms with Crippen LogP contribution in [0, 0.1) is 11.8 Å². The van der Waals surface area contributed by atoms with E-state index in [1.807, 2.05) is 32.0 Å². The number of likely N-dealkylation sites (tertiary alicyclic amines) is 1. The van der Waals surface area contributed by atoms with Crippen LogP contribution >= 0.6 is 0 Å². The van der Waals surface area contributed by atoms with Crippen LogP contribution in [0.25, 0.3) is 0 Å². The summed E-state index contributed by atoms with van der Waals surface area (Å²) in [5, 5.41) is 12.6. The minimum Gasteiger partial charge on any atom is -0.455 e. The summed E-state index contributed by atoms with van der Waals surface area (Å²) in [6, 6.07) is 7.27. The Kier molecular flexibility index (Phi) is 11.6.